The van der Waals surface area contributed by atoms with Crippen molar-refractivity contribution in [1.82, 2.24) is 0 Å². The van der Waals surface area contributed by atoms with E-state index in [1.807, 2.05) is 0 Å². The molecule has 0 fully saturated rings. The minimum atomic E-state index is -4.03. The SMILES string of the molecule is O=C(O)c1ccc(NC(=O)c2cccc(Cl)c2NS(=O)(=O)c2ccc(Cl)cc2)cc1. The van der Waals surface area contributed by atoms with E-state index in [0.29, 0.717) is 10.7 Å². The third-order valence-corrected chi connectivity index (χ3v) is 5.94. The van der Waals surface area contributed by atoms with Crippen LogP contribution >= 0.6 is 23.2 Å². The summed E-state index contributed by atoms with van der Waals surface area (Å²) in [5.74, 6) is -1.73. The molecule has 0 bridgehead atoms. The largest absolute Gasteiger partial charge is 0.478 e. The Morgan fingerprint density at radius 3 is 2.10 bits per heavy atom. The summed E-state index contributed by atoms with van der Waals surface area (Å²) in [6, 6.07) is 15.4. The monoisotopic (exact) mass is 464 g/mol. The lowest BCUT2D eigenvalue weighted by Crippen LogP contribution is -2.19. The Balaban J connectivity index is 1.89. The topological polar surface area (TPSA) is 113 Å². The van der Waals surface area contributed by atoms with Crippen LogP contribution < -0.4 is 10.0 Å². The minimum absolute atomic E-state index is 0.0117. The van der Waals surface area contributed by atoms with Crippen LogP contribution in [0.15, 0.2) is 71.6 Å². The summed E-state index contributed by atoms with van der Waals surface area (Å²) in [5, 5.41) is 11.9. The quantitative estimate of drug-likeness (QED) is 0.487. The highest BCUT2D eigenvalue weighted by Gasteiger charge is 2.21. The van der Waals surface area contributed by atoms with Crippen LogP contribution in [0.5, 0.6) is 0 Å². The summed E-state index contributed by atoms with van der Waals surface area (Å²) in [5.41, 5.74) is 0.291. The first-order valence-electron chi connectivity index (χ1n) is 8.39. The van der Waals surface area contributed by atoms with Crippen molar-refractivity contribution in [3.8, 4) is 0 Å². The predicted octanol–water partition coefficient (Wildman–Crippen LogP) is 4.74. The summed E-state index contributed by atoms with van der Waals surface area (Å²) in [6.07, 6.45) is 0. The molecule has 0 atom stereocenters. The molecule has 0 aliphatic heterocycles. The first-order valence-corrected chi connectivity index (χ1v) is 10.6. The minimum Gasteiger partial charge on any atom is -0.478 e. The van der Waals surface area contributed by atoms with E-state index in [0.717, 1.165) is 0 Å². The van der Waals surface area contributed by atoms with Crippen molar-refractivity contribution in [2.24, 2.45) is 0 Å². The highest BCUT2D eigenvalue weighted by atomic mass is 35.5. The molecule has 0 unspecified atom stereocenters. The van der Waals surface area contributed by atoms with Gasteiger partial charge in [-0.1, -0.05) is 29.3 Å². The second-order valence-electron chi connectivity index (χ2n) is 6.06. The van der Waals surface area contributed by atoms with Crippen LogP contribution in [0.1, 0.15) is 20.7 Å². The molecule has 3 aromatic rings. The van der Waals surface area contributed by atoms with Gasteiger partial charge in [0.1, 0.15) is 0 Å². The van der Waals surface area contributed by atoms with Crippen LogP contribution in [0.4, 0.5) is 11.4 Å². The predicted molar refractivity (Wildman–Crippen MR) is 115 cm³/mol. The Kier molecular flexibility index (Phi) is 6.31. The molecule has 10 heteroatoms. The van der Waals surface area contributed by atoms with E-state index < -0.39 is 21.9 Å². The zero-order valence-corrected chi connectivity index (χ0v) is 17.4. The highest BCUT2D eigenvalue weighted by Crippen LogP contribution is 2.29. The fourth-order valence-corrected chi connectivity index (χ4v) is 4.02. The van der Waals surface area contributed by atoms with Crippen LogP contribution in [-0.2, 0) is 10.0 Å². The van der Waals surface area contributed by atoms with Gasteiger partial charge in [-0.05, 0) is 60.7 Å². The molecule has 0 aliphatic carbocycles. The molecule has 154 valence electrons. The average Bonchev–Trinajstić information content (AvgIpc) is 2.70. The molecule has 30 heavy (non-hydrogen) atoms. The van der Waals surface area contributed by atoms with Crippen LogP contribution in [0.25, 0.3) is 0 Å². The zero-order chi connectivity index (χ0) is 21.9. The Bertz CT molecular complexity index is 1210. The number of amides is 1. The Morgan fingerprint density at radius 1 is 0.867 bits per heavy atom. The van der Waals surface area contributed by atoms with E-state index in [1.54, 1.807) is 0 Å². The van der Waals surface area contributed by atoms with Gasteiger partial charge in [-0.25, -0.2) is 13.2 Å². The van der Waals surface area contributed by atoms with Crippen molar-refractivity contribution in [3.63, 3.8) is 0 Å². The first kappa shape index (κ1) is 21.6. The number of carboxylic acids is 1. The lowest BCUT2D eigenvalue weighted by atomic mass is 10.1. The summed E-state index contributed by atoms with van der Waals surface area (Å²) in [7, 11) is -4.03. The molecule has 0 heterocycles. The smallest absolute Gasteiger partial charge is 0.335 e. The number of hydrogen-bond acceptors (Lipinski definition) is 4. The van der Waals surface area contributed by atoms with E-state index in [2.05, 4.69) is 10.0 Å². The molecule has 0 saturated heterocycles. The van der Waals surface area contributed by atoms with Gasteiger partial charge in [-0.15, -0.1) is 0 Å². The summed E-state index contributed by atoms with van der Waals surface area (Å²) in [6.45, 7) is 0. The Morgan fingerprint density at radius 2 is 1.50 bits per heavy atom. The van der Waals surface area contributed by atoms with Gasteiger partial charge in [0.05, 0.1) is 26.7 Å². The lowest BCUT2D eigenvalue weighted by Gasteiger charge is -2.14. The molecular weight excluding hydrogens is 451 g/mol. The molecule has 0 radical (unpaired) electrons. The van der Waals surface area contributed by atoms with Crippen LogP contribution in [-0.4, -0.2) is 25.4 Å². The van der Waals surface area contributed by atoms with Crippen molar-refractivity contribution in [3.05, 3.63) is 87.9 Å². The molecule has 0 saturated carbocycles. The molecule has 3 aromatic carbocycles. The normalized spacial score (nSPS) is 11.0. The van der Waals surface area contributed by atoms with Gasteiger partial charge in [-0.2, -0.15) is 0 Å². The van der Waals surface area contributed by atoms with E-state index >= 15 is 0 Å². The molecule has 7 nitrogen and oxygen atoms in total. The van der Waals surface area contributed by atoms with Gasteiger partial charge >= 0.3 is 5.97 Å². The lowest BCUT2D eigenvalue weighted by molar-refractivity contribution is 0.0696. The van der Waals surface area contributed by atoms with Crippen LogP contribution in [0.3, 0.4) is 0 Å². The number of nitrogens with one attached hydrogen (secondary N) is 2. The Hall–Kier alpha value is -3.07. The van der Waals surface area contributed by atoms with Gasteiger partial charge in [0.2, 0.25) is 0 Å². The Labute approximate surface area is 182 Å². The number of benzene rings is 3. The van der Waals surface area contributed by atoms with Gasteiger partial charge in [0.15, 0.2) is 0 Å². The molecular formula is C20H14Cl2N2O5S. The maximum Gasteiger partial charge on any atom is 0.335 e. The molecule has 0 aromatic heterocycles. The van der Waals surface area contributed by atoms with Gasteiger partial charge < -0.3 is 10.4 Å². The number of para-hydroxylation sites is 1. The van der Waals surface area contributed by atoms with Gasteiger partial charge in [0, 0.05) is 10.7 Å². The molecule has 0 spiro atoms. The van der Waals surface area contributed by atoms with Crippen molar-refractivity contribution < 1.29 is 23.1 Å². The first-order chi connectivity index (χ1) is 14.2. The van der Waals surface area contributed by atoms with Crippen molar-refractivity contribution in [1.29, 1.82) is 0 Å². The maximum atomic E-state index is 12.7. The fourth-order valence-electron chi connectivity index (χ4n) is 2.52. The molecule has 0 aliphatic rings. The standard InChI is InChI=1S/C20H14Cl2N2O5S/c21-13-6-10-15(11-7-13)30(28,29)24-18-16(2-1-3-17(18)22)19(25)23-14-8-4-12(5-9-14)20(26)27/h1-11,24H,(H,23,25)(H,26,27). The van der Waals surface area contributed by atoms with E-state index in [9.17, 15) is 18.0 Å². The van der Waals surface area contributed by atoms with Gasteiger partial charge in [-0.3, -0.25) is 9.52 Å². The number of aromatic carboxylic acids is 1. The average molecular weight is 465 g/mol. The van der Waals surface area contributed by atoms with Crippen molar-refractivity contribution in [2.45, 2.75) is 4.90 Å². The zero-order valence-electron chi connectivity index (χ0n) is 15.1. The number of hydrogen-bond donors (Lipinski definition) is 3. The van der Waals surface area contributed by atoms with Crippen molar-refractivity contribution in [2.75, 3.05) is 10.0 Å². The third kappa shape index (κ3) is 4.91. The number of rotatable bonds is 6. The number of anilines is 2. The summed E-state index contributed by atoms with van der Waals surface area (Å²) >= 11 is 12.0. The molecule has 1 amide bonds. The molecule has 3 rings (SSSR count). The van der Waals surface area contributed by atoms with E-state index in [-0.39, 0.29) is 26.7 Å². The second-order valence-corrected chi connectivity index (χ2v) is 8.58. The number of sulfonamides is 1. The maximum absolute atomic E-state index is 12.7. The fraction of sp³-hybridized carbons (Fsp3) is 0. The third-order valence-electron chi connectivity index (χ3n) is 4.01. The van der Waals surface area contributed by atoms with E-state index in [4.69, 9.17) is 28.3 Å². The van der Waals surface area contributed by atoms with Crippen LogP contribution in [0.2, 0.25) is 10.0 Å². The summed E-state index contributed by atoms with van der Waals surface area (Å²) < 4.78 is 27.7. The van der Waals surface area contributed by atoms with Crippen LogP contribution in [0, 0.1) is 0 Å². The number of carbonyl (C=O) groups excluding carboxylic acids is 1. The van der Waals surface area contributed by atoms with E-state index in [1.165, 1.54) is 66.7 Å². The molecule has 3 N–H and O–H groups in total. The van der Waals surface area contributed by atoms with Crippen molar-refractivity contribution >= 4 is 56.5 Å². The van der Waals surface area contributed by atoms with Gasteiger partial charge in [0.25, 0.3) is 15.9 Å². The number of halogens is 2. The second kappa shape index (κ2) is 8.74. The summed E-state index contributed by atoms with van der Waals surface area (Å²) in [4.78, 5) is 23.6. The highest BCUT2D eigenvalue weighted by molar-refractivity contribution is 7.92. The number of carboxylic acid groups (broad SMARTS) is 1. The number of carbonyl (C=O) groups is 2.